The van der Waals surface area contributed by atoms with Crippen molar-refractivity contribution in [3.05, 3.63) is 59.0 Å². The van der Waals surface area contributed by atoms with E-state index in [0.717, 1.165) is 29.0 Å². The van der Waals surface area contributed by atoms with Gasteiger partial charge in [0.2, 0.25) is 0 Å². The molecule has 0 atom stereocenters. The number of methoxy groups -OCH3 is 1. The van der Waals surface area contributed by atoms with E-state index in [1.807, 2.05) is 18.2 Å². The van der Waals surface area contributed by atoms with Crippen molar-refractivity contribution in [2.24, 2.45) is 0 Å². The van der Waals surface area contributed by atoms with E-state index in [1.165, 1.54) is 29.0 Å². The molecule has 0 bridgehead atoms. The predicted octanol–water partition coefficient (Wildman–Crippen LogP) is 3.73. The number of rotatable bonds is 7. The van der Waals surface area contributed by atoms with E-state index in [1.54, 1.807) is 19.2 Å². The second kappa shape index (κ2) is 7.90. The first kappa shape index (κ1) is 18.9. The Kier molecular flexibility index (Phi) is 5.34. The predicted molar refractivity (Wildman–Crippen MR) is 110 cm³/mol. The zero-order valence-electron chi connectivity index (χ0n) is 15.3. The summed E-state index contributed by atoms with van der Waals surface area (Å²) in [5.41, 5.74) is 3.22. The summed E-state index contributed by atoms with van der Waals surface area (Å²) < 4.78 is 38.5. The molecule has 8 heteroatoms. The monoisotopic (exact) mass is 416 g/mol. The van der Waals surface area contributed by atoms with Gasteiger partial charge in [0.05, 0.1) is 17.2 Å². The molecule has 0 saturated heterocycles. The van der Waals surface area contributed by atoms with E-state index in [0.29, 0.717) is 24.1 Å². The van der Waals surface area contributed by atoms with Crippen LogP contribution in [0.1, 0.15) is 10.4 Å². The van der Waals surface area contributed by atoms with Crippen molar-refractivity contribution >= 4 is 26.5 Å². The summed E-state index contributed by atoms with van der Waals surface area (Å²) in [5, 5.41) is 0.391. The van der Waals surface area contributed by atoms with Gasteiger partial charge < -0.3 is 9.47 Å². The fourth-order valence-corrected chi connectivity index (χ4v) is 5.33. The molecule has 4 rings (SSSR count). The van der Waals surface area contributed by atoms with E-state index >= 15 is 0 Å². The minimum atomic E-state index is -3.71. The largest absolute Gasteiger partial charge is 0.491 e. The highest BCUT2D eigenvalue weighted by Crippen LogP contribution is 2.38. The second-order valence-electron chi connectivity index (χ2n) is 6.37. The standard InChI is InChI=1S/C20H20N2O4S2/c1-25-12-13-26-15-7-9-16(10-8-15)28(23,24)22-20-21-19-17-5-3-2-4-14(17)6-11-18(19)27-20/h2-5,7-10H,6,11-13H2,1H3,(H,21,22). The molecule has 0 unspecified atom stereocenters. The van der Waals surface area contributed by atoms with Gasteiger partial charge in [-0.3, -0.25) is 4.72 Å². The molecule has 0 aliphatic heterocycles. The van der Waals surface area contributed by atoms with Crippen LogP contribution in [0.15, 0.2) is 53.4 Å². The van der Waals surface area contributed by atoms with Crippen LogP contribution >= 0.6 is 11.3 Å². The van der Waals surface area contributed by atoms with Gasteiger partial charge in [0, 0.05) is 17.6 Å². The maximum atomic E-state index is 12.7. The van der Waals surface area contributed by atoms with Crippen LogP contribution < -0.4 is 9.46 Å². The number of sulfonamides is 1. The molecule has 1 heterocycles. The molecule has 0 saturated carbocycles. The number of thiazole rings is 1. The van der Waals surface area contributed by atoms with Gasteiger partial charge in [0.15, 0.2) is 5.13 Å². The van der Waals surface area contributed by atoms with Gasteiger partial charge in [-0.1, -0.05) is 24.3 Å². The molecule has 1 aromatic heterocycles. The molecule has 3 aromatic rings. The minimum absolute atomic E-state index is 0.167. The third-order valence-electron chi connectivity index (χ3n) is 4.50. The Morgan fingerprint density at radius 3 is 2.64 bits per heavy atom. The van der Waals surface area contributed by atoms with E-state index in [2.05, 4.69) is 15.8 Å². The fourth-order valence-electron chi connectivity index (χ4n) is 3.12. The van der Waals surface area contributed by atoms with E-state index in [4.69, 9.17) is 9.47 Å². The van der Waals surface area contributed by atoms with Gasteiger partial charge in [-0.2, -0.15) is 0 Å². The molecule has 2 aromatic carbocycles. The number of hydrogen-bond donors (Lipinski definition) is 1. The van der Waals surface area contributed by atoms with Gasteiger partial charge in [-0.15, -0.1) is 11.3 Å². The Balaban J connectivity index is 1.52. The molecular weight excluding hydrogens is 396 g/mol. The number of nitrogens with zero attached hydrogens (tertiary/aromatic N) is 1. The molecular formula is C20H20N2O4S2. The van der Waals surface area contributed by atoms with Crippen LogP contribution in [0.5, 0.6) is 5.75 Å². The third-order valence-corrected chi connectivity index (χ3v) is 7.02. The first-order valence-electron chi connectivity index (χ1n) is 8.89. The maximum Gasteiger partial charge on any atom is 0.263 e. The van der Waals surface area contributed by atoms with Crippen LogP contribution in [0.2, 0.25) is 0 Å². The van der Waals surface area contributed by atoms with E-state index in [9.17, 15) is 8.42 Å². The van der Waals surface area contributed by atoms with E-state index in [-0.39, 0.29) is 4.90 Å². The zero-order chi connectivity index (χ0) is 19.6. The summed E-state index contributed by atoms with van der Waals surface area (Å²) in [5.74, 6) is 0.595. The average molecular weight is 417 g/mol. The Bertz CT molecular complexity index is 1080. The normalized spacial score (nSPS) is 12.9. The summed E-state index contributed by atoms with van der Waals surface area (Å²) in [7, 11) is -2.12. The van der Waals surface area contributed by atoms with Gasteiger partial charge >= 0.3 is 0 Å². The van der Waals surface area contributed by atoms with Crippen molar-refractivity contribution in [3.8, 4) is 17.0 Å². The molecule has 1 N–H and O–H groups in total. The van der Waals surface area contributed by atoms with Crippen molar-refractivity contribution < 1.29 is 17.9 Å². The lowest BCUT2D eigenvalue weighted by atomic mass is 9.94. The zero-order valence-corrected chi connectivity index (χ0v) is 17.0. The molecule has 1 aliphatic carbocycles. The topological polar surface area (TPSA) is 77.5 Å². The van der Waals surface area contributed by atoms with Gasteiger partial charge in [0.1, 0.15) is 12.4 Å². The quantitative estimate of drug-likeness (QED) is 0.594. The average Bonchev–Trinajstić information content (AvgIpc) is 3.11. The second-order valence-corrected chi connectivity index (χ2v) is 9.13. The summed E-state index contributed by atoms with van der Waals surface area (Å²) >= 11 is 1.40. The number of nitrogens with one attached hydrogen (secondary N) is 1. The van der Waals surface area contributed by atoms with Crippen LogP contribution in [0.4, 0.5) is 5.13 Å². The van der Waals surface area contributed by atoms with Crippen molar-refractivity contribution in [3.63, 3.8) is 0 Å². The molecule has 0 amide bonds. The molecule has 0 radical (unpaired) electrons. The number of aryl methyl sites for hydroxylation is 2. The van der Waals surface area contributed by atoms with Crippen LogP contribution in [-0.4, -0.2) is 33.7 Å². The minimum Gasteiger partial charge on any atom is -0.491 e. The first-order chi connectivity index (χ1) is 13.6. The molecule has 0 spiro atoms. The van der Waals surface area contributed by atoms with Crippen LogP contribution in [0.25, 0.3) is 11.3 Å². The number of hydrogen-bond acceptors (Lipinski definition) is 6. The lowest BCUT2D eigenvalue weighted by molar-refractivity contribution is 0.146. The highest BCUT2D eigenvalue weighted by atomic mass is 32.2. The molecule has 146 valence electrons. The van der Waals surface area contributed by atoms with Crippen molar-refractivity contribution in [2.75, 3.05) is 25.0 Å². The number of fused-ring (bicyclic) bond motifs is 3. The SMILES string of the molecule is COCCOc1ccc(S(=O)(=O)Nc2nc3c(s2)CCc2ccccc2-3)cc1. The van der Waals surface area contributed by atoms with Crippen molar-refractivity contribution in [2.45, 2.75) is 17.7 Å². The van der Waals surface area contributed by atoms with Crippen molar-refractivity contribution in [1.29, 1.82) is 0 Å². The lowest BCUT2D eigenvalue weighted by Crippen LogP contribution is -2.12. The number of ether oxygens (including phenoxy) is 2. The highest BCUT2D eigenvalue weighted by molar-refractivity contribution is 7.93. The lowest BCUT2D eigenvalue weighted by Gasteiger charge is -2.13. The van der Waals surface area contributed by atoms with Gasteiger partial charge in [0.25, 0.3) is 10.0 Å². The third kappa shape index (κ3) is 3.89. The Labute approximate surface area is 168 Å². The van der Waals surface area contributed by atoms with Crippen molar-refractivity contribution in [1.82, 2.24) is 4.98 Å². The number of aromatic nitrogens is 1. The van der Waals surface area contributed by atoms with Crippen LogP contribution in [0.3, 0.4) is 0 Å². The summed E-state index contributed by atoms with van der Waals surface area (Å²) in [6.45, 7) is 0.881. The Hall–Kier alpha value is -2.42. The van der Waals surface area contributed by atoms with E-state index < -0.39 is 10.0 Å². The van der Waals surface area contributed by atoms with Crippen LogP contribution in [-0.2, 0) is 27.6 Å². The number of anilines is 1. The first-order valence-corrected chi connectivity index (χ1v) is 11.2. The molecule has 6 nitrogen and oxygen atoms in total. The Morgan fingerprint density at radius 2 is 1.86 bits per heavy atom. The van der Waals surface area contributed by atoms with Crippen LogP contribution in [0, 0.1) is 0 Å². The fraction of sp³-hybridized carbons (Fsp3) is 0.250. The molecule has 1 aliphatic rings. The maximum absolute atomic E-state index is 12.7. The summed E-state index contributed by atoms with van der Waals surface area (Å²) in [4.78, 5) is 5.84. The summed E-state index contributed by atoms with van der Waals surface area (Å²) in [6.07, 6.45) is 1.82. The Morgan fingerprint density at radius 1 is 1.07 bits per heavy atom. The summed E-state index contributed by atoms with van der Waals surface area (Å²) in [6, 6.07) is 14.4. The molecule has 28 heavy (non-hydrogen) atoms. The van der Waals surface area contributed by atoms with Gasteiger partial charge in [-0.25, -0.2) is 13.4 Å². The molecule has 0 fully saturated rings. The highest BCUT2D eigenvalue weighted by Gasteiger charge is 2.23. The van der Waals surface area contributed by atoms with Gasteiger partial charge in [-0.05, 0) is 42.7 Å². The number of benzene rings is 2. The smallest absolute Gasteiger partial charge is 0.263 e.